The Morgan fingerprint density at radius 2 is 2.00 bits per heavy atom. The second-order valence-corrected chi connectivity index (χ2v) is 8.28. The van der Waals surface area contributed by atoms with E-state index in [2.05, 4.69) is 21.2 Å². The van der Waals surface area contributed by atoms with Crippen LogP contribution in [0.25, 0.3) is 6.08 Å². The van der Waals surface area contributed by atoms with Crippen molar-refractivity contribution in [1.29, 1.82) is 0 Å². The van der Waals surface area contributed by atoms with Crippen LogP contribution in [0.4, 0.5) is 10.5 Å². The van der Waals surface area contributed by atoms with Crippen LogP contribution < -0.4 is 14.8 Å². The first-order valence-corrected chi connectivity index (χ1v) is 10.5. The first-order chi connectivity index (χ1) is 14.3. The maximum atomic E-state index is 12.7. The molecule has 1 aliphatic heterocycles. The van der Waals surface area contributed by atoms with Crippen LogP contribution in [-0.2, 0) is 9.59 Å². The predicted molar refractivity (Wildman–Crippen MR) is 120 cm³/mol. The Labute approximate surface area is 190 Å². The van der Waals surface area contributed by atoms with Gasteiger partial charge in [-0.25, -0.2) is 0 Å². The molecule has 7 nitrogen and oxygen atoms in total. The molecule has 0 aliphatic carbocycles. The van der Waals surface area contributed by atoms with E-state index in [1.54, 1.807) is 42.5 Å². The second kappa shape index (κ2) is 9.55. The number of carbonyl (C=O) groups excluding carboxylic acids is 3. The van der Waals surface area contributed by atoms with E-state index < -0.39 is 23.6 Å². The highest BCUT2D eigenvalue weighted by Gasteiger charge is 2.36. The number of nitrogens with zero attached hydrogens (tertiary/aromatic N) is 1. The topological polar surface area (TPSA) is 84.9 Å². The number of carbonyl (C=O) groups is 3. The Bertz CT molecular complexity index is 1060. The van der Waals surface area contributed by atoms with E-state index in [0.29, 0.717) is 32.2 Å². The van der Waals surface area contributed by atoms with E-state index in [-0.39, 0.29) is 4.91 Å². The minimum Gasteiger partial charge on any atom is -0.493 e. The van der Waals surface area contributed by atoms with Gasteiger partial charge in [-0.2, -0.15) is 0 Å². The van der Waals surface area contributed by atoms with Gasteiger partial charge < -0.3 is 14.8 Å². The summed E-state index contributed by atoms with van der Waals surface area (Å²) in [6.45, 7) is -0.412. The van der Waals surface area contributed by atoms with Crippen molar-refractivity contribution in [2.45, 2.75) is 0 Å². The number of ether oxygens (including phenoxy) is 2. The van der Waals surface area contributed by atoms with E-state index in [9.17, 15) is 14.4 Å². The molecule has 0 saturated carbocycles. The van der Waals surface area contributed by atoms with Gasteiger partial charge in [0.2, 0.25) is 5.91 Å². The first kappa shape index (κ1) is 22.2. The predicted octanol–water partition coefficient (Wildman–Crippen LogP) is 4.79. The van der Waals surface area contributed by atoms with Gasteiger partial charge in [0, 0.05) is 15.7 Å². The van der Waals surface area contributed by atoms with E-state index in [1.807, 2.05) is 0 Å². The number of imide groups is 1. The van der Waals surface area contributed by atoms with Crippen molar-refractivity contribution in [3.8, 4) is 11.5 Å². The Hall–Kier alpha value is -2.49. The van der Waals surface area contributed by atoms with Crippen LogP contribution in [-0.4, -0.2) is 42.7 Å². The summed E-state index contributed by atoms with van der Waals surface area (Å²) in [6, 6.07) is 10.1. The molecular formula is C20H16BrClN2O5S. The number of thioether (sulfide) groups is 1. The molecule has 3 rings (SSSR count). The number of para-hydroxylation sites is 1. The van der Waals surface area contributed by atoms with Gasteiger partial charge in [-0.3, -0.25) is 19.3 Å². The zero-order chi connectivity index (χ0) is 21.8. The van der Waals surface area contributed by atoms with Crippen molar-refractivity contribution in [2.24, 2.45) is 0 Å². The number of amides is 3. The van der Waals surface area contributed by atoms with Gasteiger partial charge in [0.1, 0.15) is 6.54 Å². The van der Waals surface area contributed by atoms with Crippen molar-refractivity contribution in [3.63, 3.8) is 0 Å². The molecule has 156 valence electrons. The minimum absolute atomic E-state index is 0.186. The summed E-state index contributed by atoms with van der Waals surface area (Å²) < 4.78 is 11.3. The monoisotopic (exact) mass is 510 g/mol. The normalized spacial score (nSPS) is 14.9. The highest BCUT2D eigenvalue weighted by molar-refractivity contribution is 9.10. The molecule has 1 saturated heterocycles. The highest BCUT2D eigenvalue weighted by atomic mass is 79.9. The fourth-order valence-electron chi connectivity index (χ4n) is 2.72. The third kappa shape index (κ3) is 4.80. The molecule has 2 aromatic carbocycles. The summed E-state index contributed by atoms with van der Waals surface area (Å²) >= 11 is 10.0. The average molecular weight is 512 g/mol. The van der Waals surface area contributed by atoms with Gasteiger partial charge in [0.05, 0.1) is 24.1 Å². The van der Waals surface area contributed by atoms with Gasteiger partial charge in [-0.1, -0.05) is 23.7 Å². The number of methoxy groups -OCH3 is 2. The second-order valence-electron chi connectivity index (χ2n) is 6.03. The largest absolute Gasteiger partial charge is 0.493 e. The molecule has 0 bridgehead atoms. The van der Waals surface area contributed by atoms with E-state index in [1.165, 1.54) is 14.2 Å². The van der Waals surface area contributed by atoms with Crippen molar-refractivity contribution in [3.05, 3.63) is 56.4 Å². The zero-order valence-corrected chi connectivity index (χ0v) is 19.1. The minimum atomic E-state index is -0.557. The van der Waals surface area contributed by atoms with Crippen LogP contribution in [0.5, 0.6) is 11.5 Å². The van der Waals surface area contributed by atoms with Crippen molar-refractivity contribution >= 4 is 68.1 Å². The van der Waals surface area contributed by atoms with E-state index in [0.717, 1.165) is 16.7 Å². The molecule has 10 heteroatoms. The number of benzene rings is 2. The SMILES string of the molecule is COc1cccc(/C=C2/SC(=O)N(CC(=O)Nc3ccc(Br)c(Cl)c3)C2=O)c1OC. The molecule has 30 heavy (non-hydrogen) atoms. The summed E-state index contributed by atoms with van der Waals surface area (Å²) in [5.41, 5.74) is 1.04. The lowest BCUT2D eigenvalue weighted by Crippen LogP contribution is -2.36. The summed E-state index contributed by atoms with van der Waals surface area (Å²) in [5, 5.41) is 2.51. The summed E-state index contributed by atoms with van der Waals surface area (Å²) in [4.78, 5) is 38.4. The van der Waals surface area contributed by atoms with Crippen LogP contribution in [0.1, 0.15) is 5.56 Å². The number of halogens is 2. The van der Waals surface area contributed by atoms with Crippen molar-refractivity contribution < 1.29 is 23.9 Å². The number of hydrogen-bond acceptors (Lipinski definition) is 6. The molecule has 2 aromatic rings. The summed E-state index contributed by atoms with van der Waals surface area (Å²) in [7, 11) is 2.99. The third-order valence-electron chi connectivity index (χ3n) is 4.10. The molecule has 1 aliphatic rings. The van der Waals surface area contributed by atoms with Gasteiger partial charge in [0.15, 0.2) is 11.5 Å². The van der Waals surface area contributed by atoms with Crippen LogP contribution in [0.3, 0.4) is 0 Å². The van der Waals surface area contributed by atoms with Crippen LogP contribution in [0.2, 0.25) is 5.02 Å². The fraction of sp³-hybridized carbons (Fsp3) is 0.150. The Kier molecular flexibility index (Phi) is 7.06. The lowest BCUT2D eigenvalue weighted by atomic mass is 10.1. The van der Waals surface area contributed by atoms with Gasteiger partial charge >= 0.3 is 0 Å². The van der Waals surface area contributed by atoms with Gasteiger partial charge in [-0.15, -0.1) is 0 Å². The Morgan fingerprint density at radius 1 is 1.23 bits per heavy atom. The lowest BCUT2D eigenvalue weighted by Gasteiger charge is -2.13. The summed E-state index contributed by atoms with van der Waals surface area (Å²) in [6.07, 6.45) is 1.54. The molecule has 0 radical (unpaired) electrons. The molecule has 1 heterocycles. The van der Waals surface area contributed by atoms with E-state index >= 15 is 0 Å². The van der Waals surface area contributed by atoms with Gasteiger partial charge in [0.25, 0.3) is 11.1 Å². The van der Waals surface area contributed by atoms with Crippen LogP contribution in [0, 0.1) is 0 Å². The highest BCUT2D eigenvalue weighted by Crippen LogP contribution is 2.37. The number of anilines is 1. The molecular weight excluding hydrogens is 496 g/mol. The Balaban J connectivity index is 1.75. The van der Waals surface area contributed by atoms with Gasteiger partial charge in [-0.05, 0) is 58.0 Å². The molecule has 0 spiro atoms. The quantitative estimate of drug-likeness (QED) is 0.561. The maximum absolute atomic E-state index is 12.7. The van der Waals surface area contributed by atoms with Crippen molar-refractivity contribution in [2.75, 3.05) is 26.1 Å². The molecule has 0 unspecified atom stereocenters. The summed E-state index contributed by atoms with van der Waals surface area (Å²) in [5.74, 6) is -0.135. The lowest BCUT2D eigenvalue weighted by molar-refractivity contribution is -0.127. The standard InChI is InChI=1S/C20H16BrClN2O5S/c1-28-15-5-3-4-11(18(15)29-2)8-16-19(26)24(20(27)30-16)10-17(25)23-12-6-7-13(21)14(22)9-12/h3-9H,10H2,1-2H3,(H,23,25)/b16-8+. The molecule has 0 atom stereocenters. The number of hydrogen-bond donors (Lipinski definition) is 1. The fourth-order valence-corrected chi connectivity index (χ4v) is 3.98. The number of nitrogens with one attached hydrogen (secondary N) is 1. The Morgan fingerprint density at radius 3 is 2.67 bits per heavy atom. The van der Waals surface area contributed by atoms with E-state index in [4.69, 9.17) is 21.1 Å². The first-order valence-electron chi connectivity index (χ1n) is 8.55. The molecule has 1 N–H and O–H groups in total. The molecule has 1 fully saturated rings. The smallest absolute Gasteiger partial charge is 0.294 e. The molecule has 3 amide bonds. The molecule has 0 aromatic heterocycles. The van der Waals surface area contributed by atoms with Crippen molar-refractivity contribution in [1.82, 2.24) is 4.90 Å². The number of rotatable bonds is 6. The van der Waals surface area contributed by atoms with Crippen LogP contribution in [0.15, 0.2) is 45.8 Å². The average Bonchev–Trinajstić information content (AvgIpc) is 2.97. The third-order valence-corrected chi connectivity index (χ3v) is 6.24. The zero-order valence-electron chi connectivity index (χ0n) is 15.9. The maximum Gasteiger partial charge on any atom is 0.294 e. The van der Waals surface area contributed by atoms with Crippen LogP contribution >= 0.6 is 39.3 Å².